The fourth-order valence-corrected chi connectivity index (χ4v) is 1.67. The summed E-state index contributed by atoms with van der Waals surface area (Å²) in [5, 5.41) is 4.08. The van der Waals surface area contributed by atoms with E-state index in [1.54, 1.807) is 20.9 Å². The summed E-state index contributed by atoms with van der Waals surface area (Å²) >= 11 is 0. The summed E-state index contributed by atoms with van der Waals surface area (Å²) in [5.74, 6) is 0.420. The Kier molecular flexibility index (Phi) is 4.03. The van der Waals surface area contributed by atoms with Gasteiger partial charge in [0, 0.05) is 19.2 Å². The summed E-state index contributed by atoms with van der Waals surface area (Å²) in [6.45, 7) is 2.98. The first-order valence-corrected chi connectivity index (χ1v) is 5.31. The number of nitrogens with zero attached hydrogens (tertiary/aromatic N) is 3. The number of hydrogen-bond donors (Lipinski definition) is 1. The van der Waals surface area contributed by atoms with Gasteiger partial charge in [-0.1, -0.05) is 6.92 Å². The molecule has 0 saturated carbocycles. The van der Waals surface area contributed by atoms with Crippen molar-refractivity contribution in [2.45, 2.75) is 26.6 Å². The van der Waals surface area contributed by atoms with Crippen molar-refractivity contribution < 1.29 is 13.2 Å². The van der Waals surface area contributed by atoms with Gasteiger partial charge in [0.1, 0.15) is 5.82 Å². The summed E-state index contributed by atoms with van der Waals surface area (Å²) < 4.78 is 38.4. The van der Waals surface area contributed by atoms with Crippen molar-refractivity contribution in [3.63, 3.8) is 0 Å². The fourth-order valence-electron chi connectivity index (χ4n) is 1.67. The molecule has 0 saturated heterocycles. The molecule has 1 rings (SSSR count). The van der Waals surface area contributed by atoms with Crippen molar-refractivity contribution >= 4 is 5.82 Å². The Morgan fingerprint density at radius 3 is 2.35 bits per heavy atom. The summed E-state index contributed by atoms with van der Waals surface area (Å²) in [7, 11) is 1.67. The molecule has 1 heterocycles. The number of aromatic nitrogens is 2. The van der Waals surface area contributed by atoms with Crippen LogP contribution in [0.2, 0.25) is 0 Å². The molecule has 1 aromatic rings. The quantitative estimate of drug-likeness (QED) is 0.884. The van der Waals surface area contributed by atoms with Crippen LogP contribution in [0.15, 0.2) is 0 Å². The summed E-state index contributed by atoms with van der Waals surface area (Å²) in [6.07, 6.45) is -4.19. The molecule has 0 unspecified atom stereocenters. The van der Waals surface area contributed by atoms with Crippen LogP contribution in [-0.4, -0.2) is 33.9 Å². The largest absolute Gasteiger partial charge is 0.401 e. The first-order chi connectivity index (χ1) is 7.74. The smallest absolute Gasteiger partial charge is 0.384 e. The highest BCUT2D eigenvalue weighted by Crippen LogP contribution is 2.21. The van der Waals surface area contributed by atoms with E-state index in [4.69, 9.17) is 5.73 Å². The molecule has 17 heavy (non-hydrogen) atoms. The Morgan fingerprint density at radius 2 is 2.00 bits per heavy atom. The van der Waals surface area contributed by atoms with Gasteiger partial charge in [-0.2, -0.15) is 18.3 Å². The van der Waals surface area contributed by atoms with Crippen LogP contribution in [-0.2, 0) is 13.6 Å². The Morgan fingerprint density at radius 1 is 1.41 bits per heavy atom. The van der Waals surface area contributed by atoms with E-state index in [1.807, 2.05) is 0 Å². The second-order valence-corrected chi connectivity index (χ2v) is 3.99. The minimum atomic E-state index is -4.19. The molecule has 98 valence electrons. The van der Waals surface area contributed by atoms with Crippen LogP contribution in [0.1, 0.15) is 18.2 Å². The van der Waals surface area contributed by atoms with E-state index in [-0.39, 0.29) is 6.54 Å². The van der Waals surface area contributed by atoms with Crippen molar-refractivity contribution in [3.8, 4) is 0 Å². The lowest BCUT2D eigenvalue weighted by Crippen LogP contribution is -2.33. The van der Waals surface area contributed by atoms with Gasteiger partial charge in [-0.3, -0.25) is 9.58 Å². The Balaban J connectivity index is 2.81. The van der Waals surface area contributed by atoms with E-state index in [0.29, 0.717) is 23.6 Å². The molecule has 7 heteroatoms. The second-order valence-electron chi connectivity index (χ2n) is 3.99. The SMILES string of the molecule is CCN(Cc1c(C)nn(C)c1N)CC(F)(F)F. The molecule has 0 bridgehead atoms. The molecule has 0 aliphatic carbocycles. The molecule has 2 N–H and O–H groups in total. The maximum absolute atomic E-state index is 12.3. The number of halogens is 3. The van der Waals surface area contributed by atoms with E-state index >= 15 is 0 Å². The molecule has 0 atom stereocenters. The lowest BCUT2D eigenvalue weighted by Gasteiger charge is -2.21. The topological polar surface area (TPSA) is 47.1 Å². The van der Waals surface area contributed by atoms with Gasteiger partial charge < -0.3 is 5.73 Å². The van der Waals surface area contributed by atoms with Crippen molar-refractivity contribution in [1.29, 1.82) is 0 Å². The average Bonchev–Trinajstić information content (AvgIpc) is 2.42. The normalized spacial score (nSPS) is 12.4. The Bertz CT molecular complexity index is 384. The number of anilines is 1. The number of nitrogen functional groups attached to an aromatic ring is 1. The number of rotatable bonds is 4. The molecular weight excluding hydrogens is 233 g/mol. The first-order valence-electron chi connectivity index (χ1n) is 5.31. The van der Waals surface area contributed by atoms with Gasteiger partial charge in [0.2, 0.25) is 0 Å². The highest BCUT2D eigenvalue weighted by molar-refractivity contribution is 5.42. The molecule has 0 radical (unpaired) electrons. The van der Waals surface area contributed by atoms with Gasteiger partial charge in [-0.15, -0.1) is 0 Å². The fraction of sp³-hybridized carbons (Fsp3) is 0.700. The van der Waals surface area contributed by atoms with E-state index < -0.39 is 12.7 Å². The Hall–Kier alpha value is -1.24. The van der Waals surface area contributed by atoms with Gasteiger partial charge in [-0.25, -0.2) is 0 Å². The van der Waals surface area contributed by atoms with Gasteiger partial charge in [0.05, 0.1) is 12.2 Å². The van der Waals surface area contributed by atoms with Crippen LogP contribution >= 0.6 is 0 Å². The van der Waals surface area contributed by atoms with Crippen LogP contribution < -0.4 is 5.73 Å². The third-order valence-electron chi connectivity index (χ3n) is 2.63. The number of hydrogen-bond acceptors (Lipinski definition) is 3. The second kappa shape index (κ2) is 4.95. The van der Waals surface area contributed by atoms with E-state index in [9.17, 15) is 13.2 Å². The van der Waals surface area contributed by atoms with Crippen LogP contribution in [0, 0.1) is 6.92 Å². The molecule has 0 aromatic carbocycles. The predicted octanol–water partition coefficient (Wildman–Crippen LogP) is 1.69. The van der Waals surface area contributed by atoms with Gasteiger partial charge in [0.25, 0.3) is 0 Å². The van der Waals surface area contributed by atoms with Crippen molar-refractivity contribution in [2.24, 2.45) is 7.05 Å². The highest BCUT2D eigenvalue weighted by Gasteiger charge is 2.30. The minimum absolute atomic E-state index is 0.168. The van der Waals surface area contributed by atoms with Crippen molar-refractivity contribution in [3.05, 3.63) is 11.3 Å². The van der Waals surface area contributed by atoms with Crippen LogP contribution in [0.3, 0.4) is 0 Å². The maximum atomic E-state index is 12.3. The molecular formula is C10H17F3N4. The summed E-state index contributed by atoms with van der Waals surface area (Å²) in [5.41, 5.74) is 7.10. The zero-order valence-electron chi connectivity index (χ0n) is 10.2. The molecule has 0 amide bonds. The Labute approximate surface area is 98.2 Å². The third kappa shape index (κ3) is 3.62. The third-order valence-corrected chi connectivity index (χ3v) is 2.63. The minimum Gasteiger partial charge on any atom is -0.384 e. The monoisotopic (exact) mass is 250 g/mol. The zero-order valence-corrected chi connectivity index (χ0v) is 10.2. The molecule has 0 fully saturated rings. The number of nitrogens with two attached hydrogens (primary N) is 1. The number of aryl methyl sites for hydroxylation is 2. The maximum Gasteiger partial charge on any atom is 0.401 e. The van der Waals surface area contributed by atoms with Crippen LogP contribution in [0.4, 0.5) is 19.0 Å². The molecule has 0 spiro atoms. The molecule has 0 aliphatic heterocycles. The first kappa shape index (κ1) is 13.8. The van der Waals surface area contributed by atoms with Crippen LogP contribution in [0.25, 0.3) is 0 Å². The summed E-state index contributed by atoms with van der Waals surface area (Å²) in [4.78, 5) is 1.29. The molecule has 4 nitrogen and oxygen atoms in total. The average molecular weight is 250 g/mol. The lowest BCUT2D eigenvalue weighted by atomic mass is 10.2. The zero-order chi connectivity index (χ0) is 13.2. The molecule has 0 aliphatic rings. The molecule has 1 aromatic heterocycles. The van der Waals surface area contributed by atoms with E-state index in [1.165, 1.54) is 9.58 Å². The standard InChI is InChI=1S/C10H17F3N4/c1-4-17(6-10(11,12)13)5-8-7(2)15-16(3)9(8)14/h4-6,14H2,1-3H3. The van der Waals surface area contributed by atoms with Crippen molar-refractivity contribution in [1.82, 2.24) is 14.7 Å². The van der Waals surface area contributed by atoms with Crippen molar-refractivity contribution in [2.75, 3.05) is 18.8 Å². The van der Waals surface area contributed by atoms with Gasteiger partial charge in [0.15, 0.2) is 0 Å². The number of alkyl halides is 3. The highest BCUT2D eigenvalue weighted by atomic mass is 19.4. The van der Waals surface area contributed by atoms with Crippen LogP contribution in [0.5, 0.6) is 0 Å². The van der Waals surface area contributed by atoms with E-state index in [0.717, 1.165) is 0 Å². The van der Waals surface area contributed by atoms with Gasteiger partial charge in [-0.05, 0) is 13.5 Å². The van der Waals surface area contributed by atoms with Gasteiger partial charge >= 0.3 is 6.18 Å². The van der Waals surface area contributed by atoms with E-state index in [2.05, 4.69) is 5.10 Å². The lowest BCUT2D eigenvalue weighted by molar-refractivity contribution is -0.146. The predicted molar refractivity (Wildman–Crippen MR) is 59.4 cm³/mol. The summed E-state index contributed by atoms with van der Waals surface area (Å²) in [6, 6.07) is 0.